The zero-order chi connectivity index (χ0) is 21.8. The third-order valence-corrected chi connectivity index (χ3v) is 6.31. The van der Waals surface area contributed by atoms with Gasteiger partial charge in [0.15, 0.2) is 0 Å². The number of aromatic carboxylic acids is 1. The highest BCUT2D eigenvalue weighted by Gasteiger charge is 2.25. The largest absolute Gasteiger partial charge is 0.478 e. The average Bonchev–Trinajstić information content (AvgIpc) is 3.31. The highest BCUT2D eigenvalue weighted by molar-refractivity contribution is 6.02. The van der Waals surface area contributed by atoms with Crippen LogP contribution in [0.25, 0.3) is 0 Å². The van der Waals surface area contributed by atoms with Crippen LogP contribution in [0.4, 0.5) is 15.8 Å². The number of hydrogen-bond donors (Lipinski definition) is 2. The predicted molar refractivity (Wildman–Crippen MR) is 118 cm³/mol. The van der Waals surface area contributed by atoms with E-state index in [1.54, 1.807) is 24.3 Å². The van der Waals surface area contributed by atoms with E-state index in [0.29, 0.717) is 17.8 Å². The van der Waals surface area contributed by atoms with Crippen molar-refractivity contribution in [1.29, 1.82) is 0 Å². The van der Waals surface area contributed by atoms with Gasteiger partial charge in [0.25, 0.3) is 0 Å². The summed E-state index contributed by atoms with van der Waals surface area (Å²) in [7, 11) is 0. The zero-order valence-corrected chi connectivity index (χ0v) is 17.5. The smallest absolute Gasteiger partial charge is 0.337 e. The summed E-state index contributed by atoms with van der Waals surface area (Å²) in [5.41, 5.74) is 1.97. The van der Waals surface area contributed by atoms with Crippen LogP contribution in [0.15, 0.2) is 42.5 Å². The van der Waals surface area contributed by atoms with Crippen LogP contribution in [0.1, 0.15) is 41.6 Å². The minimum atomic E-state index is -1.05. The van der Waals surface area contributed by atoms with Gasteiger partial charge in [0.2, 0.25) is 5.91 Å². The van der Waals surface area contributed by atoms with E-state index in [9.17, 15) is 19.1 Å². The number of piperazine rings is 1. The summed E-state index contributed by atoms with van der Waals surface area (Å²) in [6, 6.07) is 12.0. The molecule has 1 heterocycles. The molecule has 0 bridgehead atoms. The molecule has 0 aromatic heterocycles. The lowest BCUT2D eigenvalue weighted by atomic mass is 10.1. The molecule has 31 heavy (non-hydrogen) atoms. The molecule has 6 nitrogen and oxygen atoms in total. The SMILES string of the molecule is O=C(O)c1cc(N2CCN(Cc3ccccc3F)CC2)ccc1NC(=O)C1CCCC1. The van der Waals surface area contributed by atoms with Crippen molar-refractivity contribution in [3.63, 3.8) is 0 Å². The minimum absolute atomic E-state index is 0.0242. The van der Waals surface area contributed by atoms with Gasteiger partial charge >= 0.3 is 5.97 Å². The molecule has 2 aliphatic rings. The van der Waals surface area contributed by atoms with E-state index in [-0.39, 0.29) is 23.2 Å². The molecule has 7 heteroatoms. The fraction of sp³-hybridized carbons (Fsp3) is 0.417. The van der Waals surface area contributed by atoms with E-state index in [1.165, 1.54) is 6.07 Å². The number of hydrogen-bond acceptors (Lipinski definition) is 4. The van der Waals surface area contributed by atoms with Gasteiger partial charge in [0.05, 0.1) is 11.3 Å². The molecule has 2 aromatic carbocycles. The summed E-state index contributed by atoms with van der Waals surface area (Å²) in [5, 5.41) is 12.5. The summed E-state index contributed by atoms with van der Waals surface area (Å²) in [6.45, 7) is 3.53. The van der Waals surface area contributed by atoms with Crippen LogP contribution < -0.4 is 10.2 Å². The normalized spacial score (nSPS) is 17.6. The number of carboxylic acid groups (broad SMARTS) is 1. The van der Waals surface area contributed by atoms with Gasteiger partial charge in [-0.25, -0.2) is 9.18 Å². The molecule has 1 saturated carbocycles. The zero-order valence-electron chi connectivity index (χ0n) is 17.5. The van der Waals surface area contributed by atoms with Crippen molar-refractivity contribution in [3.8, 4) is 0 Å². The van der Waals surface area contributed by atoms with Crippen LogP contribution in [-0.2, 0) is 11.3 Å². The molecule has 4 rings (SSSR count). The highest BCUT2D eigenvalue weighted by atomic mass is 19.1. The van der Waals surface area contributed by atoms with E-state index in [2.05, 4.69) is 15.1 Å². The molecule has 0 spiro atoms. The lowest BCUT2D eigenvalue weighted by Gasteiger charge is -2.36. The molecule has 1 aliphatic heterocycles. The van der Waals surface area contributed by atoms with Gasteiger partial charge < -0.3 is 15.3 Å². The van der Waals surface area contributed by atoms with Crippen molar-refractivity contribution in [2.45, 2.75) is 32.2 Å². The number of nitrogens with one attached hydrogen (secondary N) is 1. The molecule has 2 fully saturated rings. The van der Waals surface area contributed by atoms with E-state index in [4.69, 9.17) is 0 Å². The molecular formula is C24H28FN3O3. The van der Waals surface area contributed by atoms with Crippen molar-refractivity contribution in [1.82, 2.24) is 4.90 Å². The Labute approximate surface area is 181 Å². The van der Waals surface area contributed by atoms with Gasteiger partial charge in [-0.05, 0) is 37.1 Å². The molecule has 0 radical (unpaired) electrons. The molecule has 0 unspecified atom stereocenters. The molecule has 2 N–H and O–H groups in total. The summed E-state index contributed by atoms with van der Waals surface area (Å²) in [6.07, 6.45) is 3.82. The number of carboxylic acids is 1. The Kier molecular flexibility index (Phi) is 6.51. The van der Waals surface area contributed by atoms with Crippen molar-refractivity contribution in [2.75, 3.05) is 36.4 Å². The maximum atomic E-state index is 13.9. The summed E-state index contributed by atoms with van der Waals surface area (Å²) < 4.78 is 13.9. The Hall–Kier alpha value is -2.93. The quantitative estimate of drug-likeness (QED) is 0.733. The van der Waals surface area contributed by atoms with Crippen molar-refractivity contribution >= 4 is 23.3 Å². The summed E-state index contributed by atoms with van der Waals surface area (Å²) in [5.74, 6) is -1.36. The van der Waals surface area contributed by atoms with Crippen molar-refractivity contribution in [3.05, 3.63) is 59.4 Å². The second-order valence-corrected chi connectivity index (χ2v) is 8.36. The minimum Gasteiger partial charge on any atom is -0.478 e. The first-order valence-corrected chi connectivity index (χ1v) is 10.9. The standard InChI is InChI=1S/C24H28FN3O3/c25-21-8-4-3-7-18(21)16-27-11-13-28(14-12-27)19-9-10-22(20(15-19)24(30)31)26-23(29)17-5-1-2-6-17/h3-4,7-10,15,17H,1-2,5-6,11-14,16H2,(H,26,29)(H,30,31). The van der Waals surface area contributed by atoms with Gasteiger partial charge in [-0.2, -0.15) is 0 Å². The monoisotopic (exact) mass is 425 g/mol. The topological polar surface area (TPSA) is 72.9 Å². The lowest BCUT2D eigenvalue weighted by Crippen LogP contribution is -2.46. The van der Waals surface area contributed by atoms with Gasteiger partial charge in [-0.3, -0.25) is 9.69 Å². The number of rotatable bonds is 6. The highest BCUT2D eigenvalue weighted by Crippen LogP contribution is 2.29. The van der Waals surface area contributed by atoms with Crippen LogP contribution in [0.2, 0.25) is 0 Å². The number of amides is 1. The number of nitrogens with zero attached hydrogens (tertiary/aromatic N) is 2. The average molecular weight is 426 g/mol. The second-order valence-electron chi connectivity index (χ2n) is 8.36. The molecule has 0 atom stereocenters. The van der Waals surface area contributed by atoms with Crippen LogP contribution in [-0.4, -0.2) is 48.1 Å². The Morgan fingerprint density at radius 3 is 2.42 bits per heavy atom. The van der Waals surface area contributed by atoms with E-state index in [1.807, 2.05) is 12.1 Å². The molecule has 2 aromatic rings. The van der Waals surface area contributed by atoms with Crippen LogP contribution in [0, 0.1) is 11.7 Å². The Bertz CT molecular complexity index is 951. The Balaban J connectivity index is 1.40. The third kappa shape index (κ3) is 5.05. The number of halogens is 1. The van der Waals surface area contributed by atoms with Crippen LogP contribution in [0.3, 0.4) is 0 Å². The number of carbonyl (C=O) groups excluding carboxylic acids is 1. The maximum Gasteiger partial charge on any atom is 0.337 e. The molecular weight excluding hydrogens is 397 g/mol. The lowest BCUT2D eigenvalue weighted by molar-refractivity contribution is -0.119. The van der Waals surface area contributed by atoms with Gasteiger partial charge in [0.1, 0.15) is 5.82 Å². The van der Waals surface area contributed by atoms with Gasteiger partial charge in [-0.15, -0.1) is 0 Å². The molecule has 1 amide bonds. The Morgan fingerprint density at radius 2 is 1.74 bits per heavy atom. The molecule has 164 valence electrons. The fourth-order valence-electron chi connectivity index (χ4n) is 4.47. The predicted octanol–water partition coefficient (Wildman–Crippen LogP) is 3.97. The second kappa shape index (κ2) is 9.47. The van der Waals surface area contributed by atoms with Gasteiger partial charge in [0, 0.05) is 49.9 Å². The fourth-order valence-corrected chi connectivity index (χ4v) is 4.47. The maximum absolute atomic E-state index is 13.9. The van der Waals surface area contributed by atoms with Gasteiger partial charge in [-0.1, -0.05) is 31.0 Å². The molecule has 1 saturated heterocycles. The van der Waals surface area contributed by atoms with Crippen LogP contribution in [0.5, 0.6) is 0 Å². The van der Waals surface area contributed by atoms with Crippen LogP contribution >= 0.6 is 0 Å². The van der Waals surface area contributed by atoms with E-state index >= 15 is 0 Å². The summed E-state index contributed by atoms with van der Waals surface area (Å²) >= 11 is 0. The Morgan fingerprint density at radius 1 is 1.03 bits per heavy atom. The summed E-state index contributed by atoms with van der Waals surface area (Å²) in [4.78, 5) is 28.6. The molecule has 1 aliphatic carbocycles. The third-order valence-electron chi connectivity index (χ3n) is 6.31. The first kappa shape index (κ1) is 21.3. The number of anilines is 2. The van der Waals surface area contributed by atoms with E-state index < -0.39 is 5.97 Å². The number of benzene rings is 2. The van der Waals surface area contributed by atoms with Crippen molar-refractivity contribution < 1.29 is 19.1 Å². The van der Waals surface area contributed by atoms with E-state index in [0.717, 1.165) is 57.5 Å². The number of carbonyl (C=O) groups is 2. The first-order valence-electron chi connectivity index (χ1n) is 10.9. The first-order chi connectivity index (χ1) is 15.0. The van der Waals surface area contributed by atoms with Crippen molar-refractivity contribution in [2.24, 2.45) is 5.92 Å².